The standard InChI is InChI=1S/C25H31F3N2O2/c1-3-4-14-30-15-13-24(19-5-9-22(10-6-19)29-18(2)31)20(16-30)17-32-23-11-7-21(8-12-23)25(26,27)28/h5-12,20,24H,3-4,13-17H2,1-2H3,(H,29,31)/t20-,24-/m0/s1. The maximum absolute atomic E-state index is 12.8. The Morgan fingerprint density at radius 3 is 2.41 bits per heavy atom. The van der Waals surface area contributed by atoms with Crippen molar-refractivity contribution in [2.24, 2.45) is 5.92 Å². The smallest absolute Gasteiger partial charge is 0.416 e. The van der Waals surface area contributed by atoms with Crippen molar-refractivity contribution in [3.63, 3.8) is 0 Å². The maximum atomic E-state index is 12.8. The van der Waals surface area contributed by atoms with Gasteiger partial charge in [-0.05, 0) is 73.8 Å². The van der Waals surface area contributed by atoms with Gasteiger partial charge in [-0.15, -0.1) is 0 Å². The summed E-state index contributed by atoms with van der Waals surface area (Å²) in [5, 5.41) is 2.79. The highest BCUT2D eigenvalue weighted by Gasteiger charge is 2.32. The van der Waals surface area contributed by atoms with Crippen molar-refractivity contribution in [1.29, 1.82) is 0 Å². The van der Waals surface area contributed by atoms with Crippen LogP contribution in [0.4, 0.5) is 18.9 Å². The monoisotopic (exact) mass is 448 g/mol. The zero-order chi connectivity index (χ0) is 23.1. The van der Waals surface area contributed by atoms with E-state index in [9.17, 15) is 18.0 Å². The van der Waals surface area contributed by atoms with Gasteiger partial charge in [0.15, 0.2) is 0 Å². The van der Waals surface area contributed by atoms with Gasteiger partial charge in [-0.2, -0.15) is 13.2 Å². The second-order valence-electron chi connectivity index (χ2n) is 8.45. The first-order chi connectivity index (χ1) is 15.3. The minimum atomic E-state index is -4.35. The van der Waals surface area contributed by atoms with Gasteiger partial charge < -0.3 is 15.0 Å². The van der Waals surface area contributed by atoms with E-state index in [0.29, 0.717) is 12.4 Å². The SMILES string of the molecule is CCCCN1CC[C@@H](c2ccc(NC(C)=O)cc2)[C@H](COc2ccc(C(F)(F)F)cc2)C1. The Kier molecular flexibility index (Phi) is 8.18. The lowest BCUT2D eigenvalue weighted by atomic mass is 9.80. The fraction of sp³-hybridized carbons (Fsp3) is 0.480. The molecule has 1 amide bonds. The molecule has 2 aromatic rings. The van der Waals surface area contributed by atoms with Crippen molar-refractivity contribution in [2.75, 3.05) is 31.6 Å². The van der Waals surface area contributed by atoms with Crippen LogP contribution in [0, 0.1) is 5.92 Å². The van der Waals surface area contributed by atoms with Crippen LogP contribution in [0.15, 0.2) is 48.5 Å². The fourth-order valence-electron chi connectivity index (χ4n) is 4.26. The quantitative estimate of drug-likeness (QED) is 0.543. The Morgan fingerprint density at radius 1 is 1.12 bits per heavy atom. The predicted molar refractivity (Wildman–Crippen MR) is 120 cm³/mol. The molecular formula is C25H31F3N2O2. The lowest BCUT2D eigenvalue weighted by molar-refractivity contribution is -0.137. The van der Waals surface area contributed by atoms with Crippen molar-refractivity contribution >= 4 is 11.6 Å². The average Bonchev–Trinajstić information content (AvgIpc) is 2.76. The van der Waals surface area contributed by atoms with Gasteiger partial charge in [0.05, 0.1) is 12.2 Å². The molecule has 3 rings (SSSR count). The molecule has 2 atom stereocenters. The molecule has 0 unspecified atom stereocenters. The number of hydrogen-bond donors (Lipinski definition) is 1. The highest BCUT2D eigenvalue weighted by Crippen LogP contribution is 2.35. The first-order valence-electron chi connectivity index (χ1n) is 11.2. The summed E-state index contributed by atoms with van der Waals surface area (Å²) in [6.45, 7) is 7.03. The molecule has 2 aromatic carbocycles. The third-order valence-corrected chi connectivity index (χ3v) is 5.95. The molecule has 0 aromatic heterocycles. The van der Waals surface area contributed by atoms with Crippen LogP contribution >= 0.6 is 0 Å². The van der Waals surface area contributed by atoms with Crippen LogP contribution in [0.25, 0.3) is 0 Å². The third kappa shape index (κ3) is 6.73. The molecule has 1 heterocycles. The van der Waals surface area contributed by atoms with Gasteiger partial charge >= 0.3 is 6.18 Å². The second kappa shape index (κ2) is 10.9. The molecule has 7 heteroatoms. The van der Waals surface area contributed by atoms with Crippen LogP contribution in [-0.2, 0) is 11.0 Å². The summed E-state index contributed by atoms with van der Waals surface area (Å²) in [5.41, 5.74) is 1.28. The molecule has 1 N–H and O–H groups in total. The number of rotatable bonds is 8. The molecule has 0 bridgehead atoms. The number of unbranched alkanes of at least 4 members (excludes halogenated alkanes) is 1. The highest BCUT2D eigenvalue weighted by atomic mass is 19.4. The molecule has 0 saturated carbocycles. The van der Waals surface area contributed by atoms with Crippen LogP contribution in [-0.4, -0.2) is 37.0 Å². The number of carbonyl (C=O) groups excluding carboxylic acids is 1. The number of benzene rings is 2. The van der Waals surface area contributed by atoms with E-state index in [-0.39, 0.29) is 17.7 Å². The van der Waals surface area contributed by atoms with Crippen molar-refractivity contribution in [1.82, 2.24) is 4.90 Å². The number of nitrogens with zero attached hydrogens (tertiary/aromatic N) is 1. The predicted octanol–water partition coefficient (Wildman–Crippen LogP) is 5.95. The number of piperidine rings is 1. The molecule has 0 aliphatic carbocycles. The summed E-state index contributed by atoms with van der Waals surface area (Å²) >= 11 is 0. The molecular weight excluding hydrogens is 417 g/mol. The largest absolute Gasteiger partial charge is 0.493 e. The van der Waals surface area contributed by atoms with Gasteiger partial charge in [0, 0.05) is 25.1 Å². The van der Waals surface area contributed by atoms with Crippen molar-refractivity contribution in [3.8, 4) is 5.75 Å². The van der Waals surface area contributed by atoms with Crippen LogP contribution in [0.5, 0.6) is 5.75 Å². The number of anilines is 1. The summed E-state index contributed by atoms with van der Waals surface area (Å²) in [6.07, 6.45) is -1.08. The lowest BCUT2D eigenvalue weighted by Crippen LogP contribution is -2.42. The van der Waals surface area contributed by atoms with Crippen LogP contribution in [0.1, 0.15) is 50.2 Å². The Hall–Kier alpha value is -2.54. The number of likely N-dealkylation sites (tertiary alicyclic amines) is 1. The fourth-order valence-corrected chi connectivity index (χ4v) is 4.26. The lowest BCUT2D eigenvalue weighted by Gasteiger charge is -2.39. The summed E-state index contributed by atoms with van der Waals surface area (Å²) in [7, 11) is 0. The number of nitrogens with one attached hydrogen (secondary N) is 1. The minimum absolute atomic E-state index is 0.107. The minimum Gasteiger partial charge on any atom is -0.493 e. The molecule has 4 nitrogen and oxygen atoms in total. The van der Waals surface area contributed by atoms with Crippen molar-refractivity contribution < 1.29 is 22.7 Å². The van der Waals surface area contributed by atoms with Gasteiger partial charge in [0.2, 0.25) is 5.91 Å². The van der Waals surface area contributed by atoms with E-state index >= 15 is 0 Å². The van der Waals surface area contributed by atoms with Gasteiger partial charge in [-0.3, -0.25) is 4.79 Å². The molecule has 1 fully saturated rings. The van der Waals surface area contributed by atoms with E-state index in [0.717, 1.165) is 56.7 Å². The average molecular weight is 449 g/mol. The molecule has 32 heavy (non-hydrogen) atoms. The van der Waals surface area contributed by atoms with Crippen LogP contribution in [0.3, 0.4) is 0 Å². The van der Waals surface area contributed by atoms with E-state index < -0.39 is 11.7 Å². The molecule has 174 valence electrons. The Balaban J connectivity index is 1.70. The summed E-state index contributed by atoms with van der Waals surface area (Å²) in [4.78, 5) is 13.7. The summed E-state index contributed by atoms with van der Waals surface area (Å²) < 4.78 is 44.4. The molecule has 1 aliphatic heterocycles. The molecule has 0 radical (unpaired) electrons. The Morgan fingerprint density at radius 2 is 1.81 bits per heavy atom. The topological polar surface area (TPSA) is 41.6 Å². The third-order valence-electron chi connectivity index (χ3n) is 5.95. The first-order valence-corrected chi connectivity index (χ1v) is 11.2. The second-order valence-corrected chi connectivity index (χ2v) is 8.45. The number of alkyl halides is 3. The normalized spacial score (nSPS) is 19.5. The number of ether oxygens (including phenoxy) is 1. The zero-order valence-electron chi connectivity index (χ0n) is 18.6. The van der Waals surface area contributed by atoms with E-state index in [1.807, 2.05) is 24.3 Å². The zero-order valence-corrected chi connectivity index (χ0v) is 18.6. The number of hydrogen-bond acceptors (Lipinski definition) is 3. The highest BCUT2D eigenvalue weighted by molar-refractivity contribution is 5.88. The van der Waals surface area contributed by atoms with E-state index in [1.54, 1.807) is 0 Å². The van der Waals surface area contributed by atoms with Gasteiger partial charge in [0.25, 0.3) is 0 Å². The number of amides is 1. The van der Waals surface area contributed by atoms with Crippen molar-refractivity contribution in [2.45, 2.75) is 45.2 Å². The van der Waals surface area contributed by atoms with Crippen molar-refractivity contribution in [3.05, 3.63) is 59.7 Å². The van der Waals surface area contributed by atoms with E-state index in [2.05, 4.69) is 17.1 Å². The number of halogens is 3. The van der Waals surface area contributed by atoms with Crippen LogP contribution in [0.2, 0.25) is 0 Å². The van der Waals surface area contributed by atoms with Gasteiger partial charge in [-0.1, -0.05) is 25.5 Å². The van der Waals surface area contributed by atoms with E-state index in [1.165, 1.54) is 24.6 Å². The molecule has 0 spiro atoms. The first kappa shape index (κ1) is 24.1. The summed E-state index contributed by atoms with van der Waals surface area (Å²) in [6, 6.07) is 12.8. The number of carbonyl (C=O) groups is 1. The van der Waals surface area contributed by atoms with Gasteiger partial charge in [0.1, 0.15) is 5.75 Å². The molecule has 1 aliphatic rings. The van der Waals surface area contributed by atoms with Crippen LogP contribution < -0.4 is 10.1 Å². The Labute approximate surface area is 187 Å². The maximum Gasteiger partial charge on any atom is 0.416 e. The Bertz CT molecular complexity index is 866. The van der Waals surface area contributed by atoms with Gasteiger partial charge in [-0.25, -0.2) is 0 Å². The molecule has 1 saturated heterocycles. The van der Waals surface area contributed by atoms with E-state index in [4.69, 9.17) is 4.74 Å². The summed E-state index contributed by atoms with van der Waals surface area (Å²) in [5.74, 6) is 0.844.